The van der Waals surface area contributed by atoms with Gasteiger partial charge in [0, 0.05) is 5.69 Å². The summed E-state index contributed by atoms with van der Waals surface area (Å²) in [5.74, 6) is -0.483. The van der Waals surface area contributed by atoms with Crippen molar-refractivity contribution in [3.8, 4) is 0 Å². The molecule has 6 heteroatoms. The maximum Gasteiger partial charge on any atom is 0.232 e. The minimum absolute atomic E-state index is 0.132. The molecular formula is C9H12N4O2. The van der Waals surface area contributed by atoms with E-state index < -0.39 is 0 Å². The number of aromatic nitrogens is 1. The first kappa shape index (κ1) is 11.0. The van der Waals surface area contributed by atoms with Gasteiger partial charge in [0.15, 0.2) is 0 Å². The zero-order valence-electron chi connectivity index (χ0n) is 8.27. The summed E-state index contributed by atoms with van der Waals surface area (Å²) in [5, 5.41) is 13.5. The van der Waals surface area contributed by atoms with E-state index in [1.807, 2.05) is 6.92 Å². The van der Waals surface area contributed by atoms with Crippen molar-refractivity contribution in [3.05, 3.63) is 24.0 Å². The molecule has 0 bridgehead atoms. The first-order valence-electron chi connectivity index (χ1n) is 4.30. The number of hydrogen-bond acceptors (Lipinski definition) is 4. The lowest BCUT2D eigenvalue weighted by atomic mass is 10.3. The maximum absolute atomic E-state index is 11.3. The van der Waals surface area contributed by atoms with Gasteiger partial charge in [-0.05, 0) is 19.1 Å². The number of rotatable bonds is 3. The van der Waals surface area contributed by atoms with Crippen molar-refractivity contribution in [2.24, 2.45) is 10.9 Å². The van der Waals surface area contributed by atoms with E-state index in [-0.39, 0.29) is 18.2 Å². The average Bonchev–Trinajstić information content (AvgIpc) is 2.21. The maximum atomic E-state index is 11.3. The smallest absolute Gasteiger partial charge is 0.232 e. The molecule has 6 nitrogen and oxygen atoms in total. The van der Waals surface area contributed by atoms with Crippen LogP contribution in [0.15, 0.2) is 23.5 Å². The van der Waals surface area contributed by atoms with Gasteiger partial charge in [0.1, 0.15) is 5.84 Å². The number of aryl methyl sites for hydroxylation is 1. The van der Waals surface area contributed by atoms with Gasteiger partial charge >= 0.3 is 0 Å². The van der Waals surface area contributed by atoms with Crippen molar-refractivity contribution in [2.45, 2.75) is 13.3 Å². The molecule has 1 heterocycles. The molecule has 1 aromatic heterocycles. The van der Waals surface area contributed by atoms with Crippen molar-refractivity contribution in [1.82, 2.24) is 4.98 Å². The van der Waals surface area contributed by atoms with Crippen LogP contribution in [0.5, 0.6) is 0 Å². The second kappa shape index (κ2) is 4.94. The molecule has 0 fully saturated rings. The number of amidine groups is 1. The second-order valence-electron chi connectivity index (χ2n) is 3.00. The Bertz CT molecular complexity index is 372. The van der Waals surface area contributed by atoms with Crippen LogP contribution in [0.3, 0.4) is 0 Å². The Morgan fingerprint density at radius 1 is 1.67 bits per heavy atom. The number of amides is 1. The predicted octanol–water partition coefficient (Wildman–Crippen LogP) is 0.465. The fourth-order valence-corrected chi connectivity index (χ4v) is 0.947. The summed E-state index contributed by atoms with van der Waals surface area (Å²) in [7, 11) is 0. The van der Waals surface area contributed by atoms with Gasteiger partial charge in [-0.3, -0.25) is 9.78 Å². The summed E-state index contributed by atoms with van der Waals surface area (Å²) < 4.78 is 0. The normalized spacial score (nSPS) is 11.1. The number of nitrogens with one attached hydrogen (secondary N) is 1. The standard InChI is InChI=1S/C9H12N4O2/c1-6-2-3-7(5-11-6)12-9(14)4-8(10)13-15/h2-3,5,15H,4H2,1H3,(H2,10,13)(H,12,14). The van der Waals surface area contributed by atoms with E-state index in [1.54, 1.807) is 18.3 Å². The molecule has 0 aliphatic heterocycles. The third-order valence-electron chi connectivity index (χ3n) is 1.67. The van der Waals surface area contributed by atoms with Crippen LogP contribution in [0.2, 0.25) is 0 Å². The molecule has 0 atom stereocenters. The molecule has 0 saturated heterocycles. The van der Waals surface area contributed by atoms with E-state index in [0.29, 0.717) is 5.69 Å². The van der Waals surface area contributed by atoms with Gasteiger partial charge in [0.2, 0.25) is 5.91 Å². The zero-order chi connectivity index (χ0) is 11.3. The van der Waals surface area contributed by atoms with E-state index in [1.165, 1.54) is 0 Å². The summed E-state index contributed by atoms with van der Waals surface area (Å²) in [5.41, 5.74) is 6.62. The molecule has 0 radical (unpaired) electrons. The van der Waals surface area contributed by atoms with Gasteiger partial charge in [0.05, 0.1) is 18.3 Å². The van der Waals surface area contributed by atoms with Crippen LogP contribution in [0.1, 0.15) is 12.1 Å². The molecule has 1 aromatic rings. The summed E-state index contributed by atoms with van der Waals surface area (Å²) in [6.45, 7) is 1.85. The highest BCUT2D eigenvalue weighted by molar-refractivity contribution is 6.04. The molecule has 4 N–H and O–H groups in total. The fraction of sp³-hybridized carbons (Fsp3) is 0.222. The SMILES string of the molecule is Cc1ccc(NC(=O)C/C(N)=N/O)cn1. The van der Waals surface area contributed by atoms with Gasteiger partial charge in [-0.2, -0.15) is 0 Å². The Balaban J connectivity index is 2.55. The number of carbonyl (C=O) groups excluding carboxylic acids is 1. The van der Waals surface area contributed by atoms with Crippen LogP contribution in [-0.4, -0.2) is 21.9 Å². The van der Waals surface area contributed by atoms with Gasteiger partial charge in [-0.1, -0.05) is 5.16 Å². The van der Waals surface area contributed by atoms with Crippen LogP contribution < -0.4 is 11.1 Å². The molecule has 0 spiro atoms. The summed E-state index contributed by atoms with van der Waals surface area (Å²) in [6.07, 6.45) is 1.39. The zero-order valence-corrected chi connectivity index (χ0v) is 8.27. The summed E-state index contributed by atoms with van der Waals surface area (Å²) >= 11 is 0. The Morgan fingerprint density at radius 3 is 2.93 bits per heavy atom. The number of anilines is 1. The van der Waals surface area contributed by atoms with E-state index in [9.17, 15) is 4.79 Å². The highest BCUT2D eigenvalue weighted by Crippen LogP contribution is 2.05. The number of nitrogens with zero attached hydrogens (tertiary/aromatic N) is 2. The highest BCUT2D eigenvalue weighted by atomic mass is 16.4. The van der Waals surface area contributed by atoms with Crippen molar-refractivity contribution in [1.29, 1.82) is 0 Å². The van der Waals surface area contributed by atoms with Gasteiger partial charge in [-0.25, -0.2) is 0 Å². The second-order valence-corrected chi connectivity index (χ2v) is 3.00. The van der Waals surface area contributed by atoms with Crippen LogP contribution in [0, 0.1) is 6.92 Å². The third kappa shape index (κ3) is 3.63. The van der Waals surface area contributed by atoms with Crippen LogP contribution in [0.4, 0.5) is 5.69 Å². The third-order valence-corrected chi connectivity index (χ3v) is 1.67. The van der Waals surface area contributed by atoms with E-state index >= 15 is 0 Å². The number of hydrogen-bond donors (Lipinski definition) is 3. The first-order chi connectivity index (χ1) is 7.11. The largest absolute Gasteiger partial charge is 0.409 e. The van der Waals surface area contributed by atoms with Crippen LogP contribution in [-0.2, 0) is 4.79 Å². The molecule has 0 aliphatic rings. The Labute approximate surface area is 86.8 Å². The average molecular weight is 208 g/mol. The molecular weight excluding hydrogens is 196 g/mol. The van der Waals surface area contributed by atoms with Crippen LogP contribution >= 0.6 is 0 Å². The molecule has 0 saturated carbocycles. The fourth-order valence-electron chi connectivity index (χ4n) is 0.947. The number of pyridine rings is 1. The summed E-state index contributed by atoms with van der Waals surface area (Å²) in [4.78, 5) is 15.3. The lowest BCUT2D eigenvalue weighted by molar-refractivity contribution is -0.115. The quantitative estimate of drug-likeness (QED) is 0.291. The van der Waals surface area contributed by atoms with Crippen molar-refractivity contribution in [2.75, 3.05) is 5.32 Å². The monoisotopic (exact) mass is 208 g/mol. The van der Waals surface area contributed by atoms with E-state index in [4.69, 9.17) is 10.9 Å². The molecule has 80 valence electrons. The number of carbonyl (C=O) groups is 1. The number of nitrogens with two attached hydrogens (primary N) is 1. The van der Waals surface area contributed by atoms with Gasteiger partial charge in [0.25, 0.3) is 0 Å². The lowest BCUT2D eigenvalue weighted by Crippen LogP contribution is -2.22. The molecule has 0 aromatic carbocycles. The molecule has 0 aliphatic carbocycles. The van der Waals surface area contributed by atoms with Gasteiger partial charge in [-0.15, -0.1) is 0 Å². The molecule has 15 heavy (non-hydrogen) atoms. The van der Waals surface area contributed by atoms with Gasteiger partial charge < -0.3 is 16.3 Å². The van der Waals surface area contributed by atoms with E-state index in [2.05, 4.69) is 15.5 Å². The van der Waals surface area contributed by atoms with Crippen LogP contribution in [0.25, 0.3) is 0 Å². The molecule has 1 amide bonds. The van der Waals surface area contributed by atoms with E-state index in [0.717, 1.165) is 5.69 Å². The Morgan fingerprint density at radius 2 is 2.40 bits per heavy atom. The minimum Gasteiger partial charge on any atom is -0.409 e. The topological polar surface area (TPSA) is 101 Å². The Hall–Kier alpha value is -2.11. The highest BCUT2D eigenvalue weighted by Gasteiger charge is 2.05. The van der Waals surface area contributed by atoms with Crippen molar-refractivity contribution < 1.29 is 10.0 Å². The molecule has 1 rings (SSSR count). The summed E-state index contributed by atoms with van der Waals surface area (Å²) in [6, 6.07) is 3.51. The molecule has 0 unspecified atom stereocenters. The van der Waals surface area contributed by atoms with Crippen molar-refractivity contribution in [3.63, 3.8) is 0 Å². The predicted molar refractivity (Wildman–Crippen MR) is 55.6 cm³/mol. The number of oxime groups is 1. The Kier molecular flexibility index (Phi) is 3.61. The van der Waals surface area contributed by atoms with Crippen molar-refractivity contribution >= 4 is 17.4 Å². The first-order valence-corrected chi connectivity index (χ1v) is 4.30. The minimum atomic E-state index is -0.351. The lowest BCUT2D eigenvalue weighted by Gasteiger charge is -2.03.